The molecule has 0 radical (unpaired) electrons. The molecule has 0 saturated heterocycles. The molecule has 0 amide bonds. The molecule has 3 heterocycles. The highest BCUT2D eigenvalue weighted by Crippen LogP contribution is 2.29. The van der Waals surface area contributed by atoms with Gasteiger partial charge in [0.25, 0.3) is 0 Å². The first kappa shape index (κ1) is 24.1. The Morgan fingerprint density at radius 1 is 1.16 bits per heavy atom. The summed E-state index contributed by atoms with van der Waals surface area (Å²) in [5.74, 6) is -0.462. The molecule has 3 aromatic heterocycles. The summed E-state index contributed by atoms with van der Waals surface area (Å²) in [5.41, 5.74) is 1.61. The molecule has 9 nitrogen and oxygen atoms in total. The first-order valence-corrected chi connectivity index (χ1v) is 11.6. The van der Waals surface area contributed by atoms with Crippen LogP contribution in [0.1, 0.15) is 16.7 Å². The lowest BCUT2D eigenvalue weighted by Crippen LogP contribution is -2.41. The van der Waals surface area contributed by atoms with Gasteiger partial charge in [-0.3, -0.25) is 14.2 Å². The molecule has 0 spiro atoms. The number of fused-ring (bicyclic) bond motifs is 1. The maximum Gasteiger partial charge on any atom is 0.359 e. The molecule has 0 unspecified atom stereocenters. The van der Waals surface area contributed by atoms with E-state index in [2.05, 4.69) is 27.0 Å². The molecule has 1 N–H and O–H groups in total. The average molecular weight is 518 g/mol. The van der Waals surface area contributed by atoms with Crippen LogP contribution in [0.2, 0.25) is 5.02 Å². The minimum Gasteiger partial charge on any atom is -0.324 e. The van der Waals surface area contributed by atoms with E-state index in [1.54, 1.807) is 55.2 Å². The minimum atomic E-state index is -0.791. The van der Waals surface area contributed by atoms with Crippen LogP contribution in [0.4, 0.5) is 16.0 Å². The number of nitrogens with zero attached hydrogens (tertiary/aromatic N) is 6. The van der Waals surface area contributed by atoms with Crippen LogP contribution in [0.25, 0.3) is 22.7 Å². The highest BCUT2D eigenvalue weighted by atomic mass is 35.5. The van der Waals surface area contributed by atoms with Crippen LogP contribution in [-0.2, 0) is 13.6 Å². The Kier molecular flexibility index (Phi) is 6.18. The summed E-state index contributed by atoms with van der Waals surface area (Å²) >= 11 is 6.48. The lowest BCUT2D eigenvalue weighted by Gasteiger charge is -2.16. The second-order valence-corrected chi connectivity index (χ2v) is 8.93. The first-order valence-electron chi connectivity index (χ1n) is 11.2. The van der Waals surface area contributed by atoms with Crippen molar-refractivity contribution >= 4 is 40.2 Å². The Bertz CT molecular complexity index is 1810. The quantitative estimate of drug-likeness (QED) is 0.362. The topological polar surface area (TPSA) is 99.6 Å². The average Bonchev–Trinajstić information content (AvgIpc) is 3.21. The van der Waals surface area contributed by atoms with Crippen molar-refractivity contribution in [1.29, 1.82) is 0 Å². The predicted molar refractivity (Wildman–Crippen MR) is 141 cm³/mol. The van der Waals surface area contributed by atoms with Gasteiger partial charge in [0, 0.05) is 30.4 Å². The number of hydrogen-bond acceptors (Lipinski definition) is 6. The van der Waals surface area contributed by atoms with Gasteiger partial charge < -0.3 is 5.32 Å². The van der Waals surface area contributed by atoms with Crippen molar-refractivity contribution in [2.24, 2.45) is 7.05 Å². The standard InChI is InChI=1S/C26H21ClFN7O2/c1-4-17-8-16(5-6-21(17)28)13-34-24(30-23-9-18-14-33(3)32-22(18)10-20(23)27)31-25(36)35(26(34)37)19-7-15(2)11-29-12-19/h4-12,14H,1,13H2,2-3H3,(H,30,31,36). The SMILES string of the molecule is C=Cc1cc(Cn2c(Nc3cc4cn(C)nc4cc3Cl)nc(=O)n(-c3cncc(C)c3)c2=O)ccc1F. The molecular formula is C26H21ClFN7O2. The number of hydrogen-bond donors (Lipinski definition) is 1. The summed E-state index contributed by atoms with van der Waals surface area (Å²) in [5, 5.41) is 8.50. The van der Waals surface area contributed by atoms with Gasteiger partial charge >= 0.3 is 11.4 Å². The third-order valence-electron chi connectivity index (χ3n) is 5.76. The molecule has 0 aliphatic rings. The van der Waals surface area contributed by atoms with E-state index in [1.807, 2.05) is 6.20 Å². The van der Waals surface area contributed by atoms with Gasteiger partial charge in [-0.1, -0.05) is 30.3 Å². The van der Waals surface area contributed by atoms with Crippen LogP contribution < -0.4 is 16.7 Å². The van der Waals surface area contributed by atoms with Gasteiger partial charge in [0.2, 0.25) is 5.95 Å². The van der Waals surface area contributed by atoms with Gasteiger partial charge in [-0.15, -0.1) is 0 Å². The second-order valence-electron chi connectivity index (χ2n) is 8.52. The fraction of sp³-hybridized carbons (Fsp3) is 0.115. The fourth-order valence-corrected chi connectivity index (χ4v) is 4.24. The molecule has 5 aromatic rings. The van der Waals surface area contributed by atoms with Crippen LogP contribution >= 0.6 is 11.6 Å². The number of halogens is 2. The summed E-state index contributed by atoms with van der Waals surface area (Å²) in [4.78, 5) is 35.1. The molecule has 0 aliphatic carbocycles. The van der Waals surface area contributed by atoms with E-state index < -0.39 is 17.2 Å². The maximum absolute atomic E-state index is 14.1. The van der Waals surface area contributed by atoms with Crippen molar-refractivity contribution in [3.63, 3.8) is 0 Å². The molecule has 0 aliphatic heterocycles. The Labute approximate surface area is 215 Å². The molecule has 5 rings (SSSR count). The van der Waals surface area contributed by atoms with Gasteiger partial charge in [-0.05, 0) is 48.4 Å². The molecule has 0 atom stereocenters. The summed E-state index contributed by atoms with van der Waals surface area (Å²) in [6, 6.07) is 9.53. The highest BCUT2D eigenvalue weighted by molar-refractivity contribution is 6.34. The molecule has 0 fully saturated rings. The van der Waals surface area contributed by atoms with Crippen molar-refractivity contribution in [3.8, 4) is 5.69 Å². The van der Waals surface area contributed by atoms with Gasteiger partial charge in [0.05, 0.1) is 34.7 Å². The summed E-state index contributed by atoms with van der Waals surface area (Å²) < 4.78 is 17.9. The zero-order valence-corrected chi connectivity index (χ0v) is 20.7. The van der Waals surface area contributed by atoms with E-state index in [4.69, 9.17) is 11.6 Å². The first-order chi connectivity index (χ1) is 17.7. The molecule has 2 aromatic carbocycles. The van der Waals surface area contributed by atoms with Crippen molar-refractivity contribution in [2.75, 3.05) is 5.32 Å². The third kappa shape index (κ3) is 4.66. The Balaban J connectivity index is 1.69. The lowest BCUT2D eigenvalue weighted by atomic mass is 10.1. The summed E-state index contributed by atoms with van der Waals surface area (Å²) in [7, 11) is 1.79. The monoisotopic (exact) mass is 517 g/mol. The van der Waals surface area contributed by atoms with Crippen LogP contribution in [0.5, 0.6) is 0 Å². The van der Waals surface area contributed by atoms with Crippen molar-refractivity contribution < 1.29 is 4.39 Å². The molecule has 0 saturated carbocycles. The zero-order valence-electron chi connectivity index (χ0n) is 19.9. The van der Waals surface area contributed by atoms with E-state index >= 15 is 0 Å². The number of nitrogens with one attached hydrogen (secondary N) is 1. The molecular weight excluding hydrogens is 497 g/mol. The number of aryl methyl sites for hydroxylation is 2. The highest BCUT2D eigenvalue weighted by Gasteiger charge is 2.18. The Morgan fingerprint density at radius 2 is 1.97 bits per heavy atom. The van der Waals surface area contributed by atoms with Gasteiger partial charge in [0.1, 0.15) is 5.82 Å². The van der Waals surface area contributed by atoms with E-state index in [0.29, 0.717) is 21.8 Å². The predicted octanol–water partition coefficient (Wildman–Crippen LogP) is 4.21. The molecule has 186 valence electrons. The van der Waals surface area contributed by atoms with E-state index in [-0.39, 0.29) is 23.7 Å². The van der Waals surface area contributed by atoms with Gasteiger partial charge in [-0.25, -0.2) is 18.5 Å². The van der Waals surface area contributed by atoms with Crippen molar-refractivity contribution in [1.82, 2.24) is 28.9 Å². The number of pyridine rings is 1. The molecule has 0 bridgehead atoms. The lowest BCUT2D eigenvalue weighted by molar-refractivity contribution is 0.621. The van der Waals surface area contributed by atoms with E-state index in [1.165, 1.54) is 22.9 Å². The van der Waals surface area contributed by atoms with Crippen LogP contribution in [-0.4, -0.2) is 28.9 Å². The Morgan fingerprint density at radius 3 is 2.73 bits per heavy atom. The van der Waals surface area contributed by atoms with Crippen LogP contribution in [0, 0.1) is 12.7 Å². The van der Waals surface area contributed by atoms with E-state index in [0.717, 1.165) is 15.5 Å². The van der Waals surface area contributed by atoms with Gasteiger partial charge in [0.15, 0.2) is 0 Å². The maximum atomic E-state index is 14.1. The largest absolute Gasteiger partial charge is 0.359 e. The number of anilines is 2. The summed E-state index contributed by atoms with van der Waals surface area (Å²) in [6.07, 6.45) is 6.23. The fourth-order valence-electron chi connectivity index (χ4n) is 4.03. The van der Waals surface area contributed by atoms with E-state index in [9.17, 15) is 14.0 Å². The summed E-state index contributed by atoms with van der Waals surface area (Å²) in [6.45, 7) is 5.42. The van der Waals surface area contributed by atoms with Crippen molar-refractivity contribution in [2.45, 2.75) is 13.5 Å². The second kappa shape index (κ2) is 9.47. The molecule has 37 heavy (non-hydrogen) atoms. The molecule has 11 heteroatoms. The van der Waals surface area contributed by atoms with Crippen LogP contribution in [0.15, 0.2) is 71.2 Å². The normalized spacial score (nSPS) is 11.1. The smallest absolute Gasteiger partial charge is 0.324 e. The van der Waals surface area contributed by atoms with Gasteiger partial charge in [-0.2, -0.15) is 10.1 Å². The number of rotatable bonds is 6. The minimum absolute atomic E-state index is 0.0123. The number of aromatic nitrogens is 6. The number of benzene rings is 2. The van der Waals surface area contributed by atoms with Crippen LogP contribution in [0.3, 0.4) is 0 Å². The zero-order chi connectivity index (χ0) is 26.3. The van der Waals surface area contributed by atoms with Crippen molar-refractivity contribution in [3.05, 3.63) is 110 Å². The Hall–Kier alpha value is -4.57. The third-order valence-corrected chi connectivity index (χ3v) is 6.08.